The van der Waals surface area contributed by atoms with Gasteiger partial charge in [-0.1, -0.05) is 6.92 Å². The molecule has 5 heteroatoms. The molecule has 0 aliphatic carbocycles. The van der Waals surface area contributed by atoms with Gasteiger partial charge in [0.15, 0.2) is 0 Å². The summed E-state index contributed by atoms with van der Waals surface area (Å²) in [6.45, 7) is 6.80. The Morgan fingerprint density at radius 3 is 2.85 bits per heavy atom. The Hall–Kier alpha value is -1.46. The maximum Gasteiger partial charge on any atom is 0.144 e. The van der Waals surface area contributed by atoms with Crippen LogP contribution in [0.15, 0.2) is 22.9 Å². The Morgan fingerprint density at radius 1 is 1.30 bits per heavy atom. The summed E-state index contributed by atoms with van der Waals surface area (Å²) in [5, 5.41) is 7.62. The molecular weight excluding hydrogens is 268 g/mol. The van der Waals surface area contributed by atoms with E-state index in [1.807, 2.05) is 13.0 Å². The van der Waals surface area contributed by atoms with Gasteiger partial charge in [-0.2, -0.15) is 11.3 Å². The third-order valence-corrected chi connectivity index (χ3v) is 3.63. The Labute approximate surface area is 124 Å². The van der Waals surface area contributed by atoms with E-state index in [4.69, 9.17) is 0 Å². The maximum atomic E-state index is 4.58. The van der Waals surface area contributed by atoms with Gasteiger partial charge in [-0.05, 0) is 42.8 Å². The lowest BCUT2D eigenvalue weighted by molar-refractivity contribution is 0.311. The predicted octanol–water partition coefficient (Wildman–Crippen LogP) is 3.30. The number of thiophene rings is 1. The second kappa shape index (κ2) is 7.36. The largest absolute Gasteiger partial charge is 0.370 e. The van der Waals surface area contributed by atoms with Crippen molar-refractivity contribution in [1.29, 1.82) is 0 Å². The smallest absolute Gasteiger partial charge is 0.144 e. The summed E-state index contributed by atoms with van der Waals surface area (Å²) in [7, 11) is 2.10. The molecule has 0 unspecified atom stereocenters. The average Bonchev–Trinajstić information content (AvgIpc) is 2.88. The monoisotopic (exact) mass is 290 g/mol. The Balaban J connectivity index is 1.98. The number of nitrogens with zero attached hydrogens (tertiary/aromatic N) is 3. The van der Waals surface area contributed by atoms with Crippen LogP contribution in [-0.4, -0.2) is 28.5 Å². The third kappa shape index (κ3) is 4.58. The highest BCUT2D eigenvalue weighted by atomic mass is 32.1. The normalized spacial score (nSPS) is 11.0. The highest BCUT2D eigenvalue weighted by molar-refractivity contribution is 7.07. The first-order valence-electron chi connectivity index (χ1n) is 6.95. The van der Waals surface area contributed by atoms with Crippen molar-refractivity contribution in [3.8, 4) is 0 Å². The van der Waals surface area contributed by atoms with Crippen LogP contribution in [0.3, 0.4) is 0 Å². The molecule has 0 atom stereocenters. The average molecular weight is 290 g/mol. The zero-order valence-corrected chi connectivity index (χ0v) is 13.2. The molecule has 0 saturated carbocycles. The van der Waals surface area contributed by atoms with E-state index in [0.29, 0.717) is 0 Å². The third-order valence-electron chi connectivity index (χ3n) is 2.90. The van der Waals surface area contributed by atoms with Gasteiger partial charge in [0.25, 0.3) is 0 Å². The van der Waals surface area contributed by atoms with Crippen LogP contribution in [0.5, 0.6) is 0 Å². The van der Waals surface area contributed by atoms with Gasteiger partial charge in [0.05, 0.1) is 6.54 Å². The second-order valence-corrected chi connectivity index (χ2v) is 5.82. The van der Waals surface area contributed by atoms with Crippen molar-refractivity contribution in [2.45, 2.75) is 33.4 Å². The van der Waals surface area contributed by atoms with Crippen LogP contribution in [0.25, 0.3) is 0 Å². The summed E-state index contributed by atoms with van der Waals surface area (Å²) < 4.78 is 0. The predicted molar refractivity (Wildman–Crippen MR) is 85.0 cm³/mol. The van der Waals surface area contributed by atoms with Crippen LogP contribution in [-0.2, 0) is 13.1 Å². The zero-order chi connectivity index (χ0) is 14.4. The fourth-order valence-electron chi connectivity index (χ4n) is 2.04. The molecule has 0 aliphatic rings. The molecular formula is C15H22N4S. The summed E-state index contributed by atoms with van der Waals surface area (Å²) in [6.07, 6.45) is 1.09. The fraction of sp³-hybridized carbons (Fsp3) is 0.467. The van der Waals surface area contributed by atoms with Crippen molar-refractivity contribution >= 4 is 17.2 Å². The number of aryl methyl sites for hydroxylation is 1. The Bertz CT molecular complexity index is 525. The highest BCUT2D eigenvalue weighted by Gasteiger charge is 2.07. The first kappa shape index (κ1) is 14.9. The lowest BCUT2D eigenvalue weighted by atomic mass is 10.3. The highest BCUT2D eigenvalue weighted by Crippen LogP contribution is 2.11. The topological polar surface area (TPSA) is 41.1 Å². The van der Waals surface area contributed by atoms with Gasteiger partial charge in [0.1, 0.15) is 11.6 Å². The van der Waals surface area contributed by atoms with Crippen molar-refractivity contribution in [3.63, 3.8) is 0 Å². The SMILES string of the molecule is CCCNc1cc(C)nc(CN(C)Cc2ccsc2)n1. The minimum Gasteiger partial charge on any atom is -0.370 e. The zero-order valence-electron chi connectivity index (χ0n) is 12.4. The number of hydrogen-bond acceptors (Lipinski definition) is 5. The summed E-state index contributed by atoms with van der Waals surface area (Å²) in [4.78, 5) is 11.3. The summed E-state index contributed by atoms with van der Waals surface area (Å²) in [5.74, 6) is 1.81. The summed E-state index contributed by atoms with van der Waals surface area (Å²) in [5.41, 5.74) is 2.35. The van der Waals surface area contributed by atoms with Gasteiger partial charge in [-0.3, -0.25) is 4.90 Å². The van der Waals surface area contributed by atoms with E-state index >= 15 is 0 Å². The number of hydrogen-bond donors (Lipinski definition) is 1. The van der Waals surface area contributed by atoms with Gasteiger partial charge >= 0.3 is 0 Å². The maximum absolute atomic E-state index is 4.58. The van der Waals surface area contributed by atoms with Crippen LogP contribution in [0.1, 0.15) is 30.4 Å². The number of rotatable bonds is 7. The van der Waals surface area contributed by atoms with E-state index in [9.17, 15) is 0 Å². The van der Waals surface area contributed by atoms with Crippen LogP contribution >= 0.6 is 11.3 Å². The van der Waals surface area contributed by atoms with Crippen LogP contribution in [0, 0.1) is 6.92 Å². The van der Waals surface area contributed by atoms with Crippen molar-refractivity contribution < 1.29 is 0 Å². The molecule has 0 saturated heterocycles. The molecule has 2 aromatic rings. The standard InChI is InChI=1S/C15H22N4S/c1-4-6-16-14-8-12(2)17-15(18-14)10-19(3)9-13-5-7-20-11-13/h5,7-8,11H,4,6,9-10H2,1-3H3,(H,16,17,18). The van der Waals surface area contributed by atoms with E-state index in [1.165, 1.54) is 5.56 Å². The number of aromatic nitrogens is 2. The molecule has 0 spiro atoms. The molecule has 1 N–H and O–H groups in total. The molecule has 0 fully saturated rings. The van der Waals surface area contributed by atoms with E-state index in [2.05, 4.69) is 51.0 Å². The summed E-state index contributed by atoms with van der Waals surface area (Å²) in [6, 6.07) is 4.16. The van der Waals surface area contributed by atoms with E-state index < -0.39 is 0 Å². The molecule has 2 heterocycles. The van der Waals surface area contributed by atoms with Gasteiger partial charge in [-0.15, -0.1) is 0 Å². The van der Waals surface area contributed by atoms with Gasteiger partial charge in [-0.25, -0.2) is 9.97 Å². The van der Waals surface area contributed by atoms with E-state index in [0.717, 1.165) is 43.4 Å². The Kier molecular flexibility index (Phi) is 5.49. The molecule has 0 aromatic carbocycles. The minimum atomic E-state index is 0.762. The fourth-order valence-corrected chi connectivity index (χ4v) is 2.70. The minimum absolute atomic E-state index is 0.762. The molecule has 0 radical (unpaired) electrons. The summed E-state index contributed by atoms with van der Waals surface area (Å²) >= 11 is 1.73. The molecule has 0 bridgehead atoms. The van der Waals surface area contributed by atoms with Crippen molar-refractivity contribution in [1.82, 2.24) is 14.9 Å². The van der Waals surface area contributed by atoms with E-state index in [1.54, 1.807) is 11.3 Å². The van der Waals surface area contributed by atoms with Crippen molar-refractivity contribution in [2.75, 3.05) is 18.9 Å². The second-order valence-electron chi connectivity index (χ2n) is 5.04. The lowest BCUT2D eigenvalue weighted by Gasteiger charge is -2.16. The quantitative estimate of drug-likeness (QED) is 0.849. The molecule has 108 valence electrons. The molecule has 4 nitrogen and oxygen atoms in total. The van der Waals surface area contributed by atoms with Crippen LogP contribution in [0.4, 0.5) is 5.82 Å². The first-order valence-corrected chi connectivity index (χ1v) is 7.89. The molecule has 20 heavy (non-hydrogen) atoms. The molecule has 2 rings (SSSR count). The van der Waals surface area contributed by atoms with Gasteiger partial charge < -0.3 is 5.32 Å². The number of nitrogens with one attached hydrogen (secondary N) is 1. The van der Waals surface area contributed by atoms with Crippen molar-refractivity contribution in [3.05, 3.63) is 40.0 Å². The lowest BCUT2D eigenvalue weighted by Crippen LogP contribution is -2.19. The molecule has 2 aromatic heterocycles. The Morgan fingerprint density at radius 2 is 2.15 bits per heavy atom. The molecule has 0 amide bonds. The first-order chi connectivity index (χ1) is 9.67. The van der Waals surface area contributed by atoms with Crippen molar-refractivity contribution in [2.24, 2.45) is 0 Å². The number of anilines is 1. The van der Waals surface area contributed by atoms with Gasteiger partial charge in [0.2, 0.25) is 0 Å². The molecule has 0 aliphatic heterocycles. The van der Waals surface area contributed by atoms with Crippen LogP contribution < -0.4 is 5.32 Å². The van der Waals surface area contributed by atoms with Gasteiger partial charge in [0, 0.05) is 24.8 Å². The van der Waals surface area contributed by atoms with E-state index in [-0.39, 0.29) is 0 Å². The van der Waals surface area contributed by atoms with Crippen LogP contribution in [0.2, 0.25) is 0 Å².